The summed E-state index contributed by atoms with van der Waals surface area (Å²) in [6, 6.07) is -0.634. The van der Waals surface area contributed by atoms with Gasteiger partial charge in [-0.2, -0.15) is 0 Å². The van der Waals surface area contributed by atoms with Crippen LogP contribution >= 0.6 is 11.8 Å². The zero-order chi connectivity index (χ0) is 10.9. The van der Waals surface area contributed by atoms with E-state index in [0.717, 1.165) is 0 Å². The van der Waals surface area contributed by atoms with Crippen LogP contribution < -0.4 is 10.6 Å². The van der Waals surface area contributed by atoms with Crippen LogP contribution in [0.5, 0.6) is 0 Å². The maximum Gasteiger partial charge on any atom is 0.322 e. The van der Waals surface area contributed by atoms with E-state index in [1.165, 1.54) is 11.8 Å². The highest BCUT2D eigenvalue weighted by Gasteiger charge is 2.38. The summed E-state index contributed by atoms with van der Waals surface area (Å²) in [5, 5.41) is 3.44. The molecule has 3 amide bonds. The zero-order valence-electron chi connectivity index (χ0n) is 8.26. The molecule has 0 aromatic carbocycles. The minimum absolute atomic E-state index is 0.208. The third-order valence-electron chi connectivity index (χ3n) is 1.51. The van der Waals surface area contributed by atoms with Crippen LogP contribution in [0.2, 0.25) is 0 Å². The molecule has 4 nitrogen and oxygen atoms in total. The van der Waals surface area contributed by atoms with Crippen molar-refractivity contribution in [3.05, 3.63) is 0 Å². The van der Waals surface area contributed by atoms with Crippen molar-refractivity contribution < 1.29 is 14.0 Å². The fraction of sp³-hybridized carbons (Fsp3) is 0.750. The molecular formula is C8H13FN2O2S. The predicted molar refractivity (Wildman–Crippen MR) is 52.7 cm³/mol. The summed E-state index contributed by atoms with van der Waals surface area (Å²) in [7, 11) is 0. The van der Waals surface area contributed by atoms with Gasteiger partial charge in [-0.1, -0.05) is 20.8 Å². The molecular weight excluding hydrogens is 207 g/mol. The average molecular weight is 220 g/mol. The Morgan fingerprint density at radius 2 is 1.93 bits per heavy atom. The second-order valence-electron chi connectivity index (χ2n) is 4.02. The number of urea groups is 1. The SMILES string of the molecule is CC(C)(C)S[C@H]1NC(=O)NC(=O)[C@H]1F. The zero-order valence-corrected chi connectivity index (χ0v) is 9.07. The number of hydrogen-bond donors (Lipinski definition) is 2. The number of carbonyl (C=O) groups is 2. The van der Waals surface area contributed by atoms with E-state index in [9.17, 15) is 14.0 Å². The van der Waals surface area contributed by atoms with Gasteiger partial charge in [0.15, 0.2) is 0 Å². The Morgan fingerprint density at radius 1 is 1.36 bits per heavy atom. The van der Waals surface area contributed by atoms with Crippen molar-refractivity contribution in [2.75, 3.05) is 0 Å². The van der Waals surface area contributed by atoms with Crippen LogP contribution in [0, 0.1) is 0 Å². The molecule has 0 aromatic rings. The molecule has 1 aliphatic rings. The maximum atomic E-state index is 13.3. The van der Waals surface area contributed by atoms with Crippen molar-refractivity contribution in [3.63, 3.8) is 0 Å². The second kappa shape index (κ2) is 3.76. The van der Waals surface area contributed by atoms with E-state index < -0.39 is 23.5 Å². The van der Waals surface area contributed by atoms with Gasteiger partial charge in [0.1, 0.15) is 5.37 Å². The third kappa shape index (κ3) is 2.87. The number of imide groups is 1. The number of halogens is 1. The lowest BCUT2D eigenvalue weighted by molar-refractivity contribution is -0.125. The number of thioether (sulfide) groups is 1. The van der Waals surface area contributed by atoms with E-state index in [1.54, 1.807) is 0 Å². The molecule has 80 valence electrons. The summed E-state index contributed by atoms with van der Waals surface area (Å²) < 4.78 is 13.1. The van der Waals surface area contributed by atoms with Crippen molar-refractivity contribution in [1.82, 2.24) is 10.6 Å². The van der Waals surface area contributed by atoms with Gasteiger partial charge in [-0.15, -0.1) is 11.8 Å². The summed E-state index contributed by atoms with van der Waals surface area (Å²) in [5.74, 6) is -0.865. The minimum Gasteiger partial charge on any atom is -0.322 e. The Morgan fingerprint density at radius 3 is 2.43 bits per heavy atom. The molecule has 1 fully saturated rings. The van der Waals surface area contributed by atoms with Crippen LogP contribution in [0.3, 0.4) is 0 Å². The molecule has 0 spiro atoms. The summed E-state index contributed by atoms with van der Waals surface area (Å²) >= 11 is 1.23. The lowest BCUT2D eigenvalue weighted by Gasteiger charge is -2.30. The van der Waals surface area contributed by atoms with E-state index in [0.29, 0.717) is 0 Å². The van der Waals surface area contributed by atoms with Crippen LogP contribution in [0.25, 0.3) is 0 Å². The number of rotatable bonds is 1. The Balaban J connectivity index is 2.67. The summed E-state index contributed by atoms with van der Waals surface area (Å²) in [5.41, 5.74) is 0. The number of nitrogens with one attached hydrogen (secondary N) is 2. The Labute approximate surface area is 86.0 Å². The van der Waals surface area contributed by atoms with E-state index >= 15 is 0 Å². The summed E-state index contributed by atoms with van der Waals surface area (Å²) in [6.45, 7) is 5.68. The number of alkyl halides is 1. The monoisotopic (exact) mass is 220 g/mol. The predicted octanol–water partition coefficient (Wildman–Crippen LogP) is 1.02. The molecule has 1 saturated heterocycles. The van der Waals surface area contributed by atoms with E-state index in [2.05, 4.69) is 5.32 Å². The Hall–Kier alpha value is -0.780. The van der Waals surface area contributed by atoms with Gasteiger partial charge in [0.2, 0.25) is 6.17 Å². The van der Waals surface area contributed by atoms with Crippen LogP contribution in [0.4, 0.5) is 9.18 Å². The highest BCUT2D eigenvalue weighted by atomic mass is 32.2. The topological polar surface area (TPSA) is 58.2 Å². The van der Waals surface area contributed by atoms with Gasteiger partial charge in [-0.3, -0.25) is 10.1 Å². The maximum absolute atomic E-state index is 13.3. The second-order valence-corrected chi connectivity index (χ2v) is 5.98. The minimum atomic E-state index is -1.68. The molecule has 1 aliphatic heterocycles. The van der Waals surface area contributed by atoms with E-state index in [-0.39, 0.29) is 4.75 Å². The standard InChI is InChI=1S/C8H13FN2O2S/c1-8(2,3)14-6-4(9)5(12)10-7(13)11-6/h4,6H,1-3H3,(H2,10,11,12,13)/t4-,6-/m1/s1. The average Bonchev–Trinajstić information content (AvgIpc) is 1.96. The van der Waals surface area contributed by atoms with Gasteiger partial charge in [0, 0.05) is 4.75 Å². The van der Waals surface area contributed by atoms with Crippen LogP contribution in [-0.2, 0) is 4.79 Å². The number of amides is 3. The van der Waals surface area contributed by atoms with E-state index in [4.69, 9.17) is 0 Å². The molecule has 14 heavy (non-hydrogen) atoms. The molecule has 0 aliphatic carbocycles. The van der Waals surface area contributed by atoms with Crippen molar-refractivity contribution in [3.8, 4) is 0 Å². The summed E-state index contributed by atoms with van der Waals surface area (Å²) in [6.07, 6.45) is -1.68. The quantitative estimate of drug-likeness (QED) is 0.693. The van der Waals surface area contributed by atoms with Crippen LogP contribution in [-0.4, -0.2) is 28.2 Å². The molecule has 1 rings (SSSR count). The third-order valence-corrected chi connectivity index (χ3v) is 2.82. The summed E-state index contributed by atoms with van der Waals surface area (Å²) in [4.78, 5) is 21.8. The molecule has 0 saturated carbocycles. The number of carbonyl (C=O) groups excluding carboxylic acids is 2. The van der Waals surface area contributed by atoms with Crippen LogP contribution in [0.15, 0.2) is 0 Å². The molecule has 2 N–H and O–H groups in total. The van der Waals surface area contributed by atoms with Crippen molar-refractivity contribution in [2.45, 2.75) is 37.1 Å². The van der Waals surface area contributed by atoms with Crippen LogP contribution in [0.1, 0.15) is 20.8 Å². The molecule has 0 aromatic heterocycles. The fourth-order valence-electron chi connectivity index (χ4n) is 1.03. The molecule has 0 radical (unpaired) electrons. The fourth-order valence-corrected chi connectivity index (χ4v) is 2.20. The smallest absolute Gasteiger partial charge is 0.322 e. The molecule has 0 bridgehead atoms. The highest BCUT2D eigenvalue weighted by molar-refractivity contribution is 8.01. The largest absolute Gasteiger partial charge is 0.322 e. The lowest BCUT2D eigenvalue weighted by Crippen LogP contribution is -2.58. The number of hydrogen-bond acceptors (Lipinski definition) is 3. The first-order chi connectivity index (χ1) is 6.29. The lowest BCUT2D eigenvalue weighted by atomic mass is 10.3. The van der Waals surface area contributed by atoms with Gasteiger partial charge in [-0.05, 0) is 0 Å². The van der Waals surface area contributed by atoms with E-state index in [1.807, 2.05) is 26.1 Å². The molecule has 2 atom stereocenters. The highest BCUT2D eigenvalue weighted by Crippen LogP contribution is 2.30. The Kier molecular flexibility index (Phi) is 3.04. The molecule has 1 heterocycles. The first-order valence-corrected chi connectivity index (χ1v) is 5.11. The Bertz CT molecular complexity index is 265. The van der Waals surface area contributed by atoms with Crippen molar-refractivity contribution >= 4 is 23.7 Å². The van der Waals surface area contributed by atoms with Gasteiger partial charge in [-0.25, -0.2) is 9.18 Å². The first-order valence-electron chi connectivity index (χ1n) is 4.23. The van der Waals surface area contributed by atoms with Crippen molar-refractivity contribution in [1.29, 1.82) is 0 Å². The molecule has 6 heteroatoms. The normalized spacial score (nSPS) is 28.3. The van der Waals surface area contributed by atoms with Gasteiger partial charge < -0.3 is 5.32 Å². The van der Waals surface area contributed by atoms with Crippen molar-refractivity contribution in [2.24, 2.45) is 0 Å². The van der Waals surface area contributed by atoms with Gasteiger partial charge in [0.25, 0.3) is 5.91 Å². The van der Waals surface area contributed by atoms with Gasteiger partial charge in [0.05, 0.1) is 0 Å². The first kappa shape index (κ1) is 11.3. The van der Waals surface area contributed by atoms with Gasteiger partial charge >= 0.3 is 6.03 Å². The molecule has 0 unspecified atom stereocenters.